The molecule has 1 aromatic carbocycles. The number of hydrogen-bond donors (Lipinski definition) is 1. The summed E-state index contributed by atoms with van der Waals surface area (Å²) in [6.45, 7) is 5.27. The fourth-order valence-electron chi connectivity index (χ4n) is 2.95. The fraction of sp³-hybridized carbons (Fsp3) is 0.278. The Morgan fingerprint density at radius 3 is 2.80 bits per heavy atom. The summed E-state index contributed by atoms with van der Waals surface area (Å²) in [4.78, 5) is 6.64. The molecule has 7 nitrogen and oxygen atoms in total. The Kier molecular flexibility index (Phi) is 4.07. The smallest absolute Gasteiger partial charge is 0.115 e. The highest BCUT2D eigenvalue weighted by molar-refractivity contribution is 5.64. The number of aromatic nitrogens is 4. The number of aryl methyl sites for hydroxylation is 1. The van der Waals surface area contributed by atoms with E-state index in [4.69, 9.17) is 10.5 Å². The summed E-state index contributed by atoms with van der Waals surface area (Å²) in [6.07, 6.45) is 5.59. The number of nitrogens with two attached hydrogens (primary N) is 1. The molecule has 25 heavy (non-hydrogen) atoms. The molecule has 0 unspecified atom stereocenters. The summed E-state index contributed by atoms with van der Waals surface area (Å²) in [7, 11) is 0. The van der Waals surface area contributed by atoms with Gasteiger partial charge < -0.3 is 15.4 Å². The number of ether oxygens (including phenoxy) is 1. The molecule has 0 radical (unpaired) electrons. The van der Waals surface area contributed by atoms with Crippen molar-refractivity contribution in [1.82, 2.24) is 20.0 Å². The topological polar surface area (TPSA) is 82.1 Å². The van der Waals surface area contributed by atoms with E-state index in [1.807, 2.05) is 43.7 Å². The summed E-state index contributed by atoms with van der Waals surface area (Å²) < 4.78 is 7.16. The molecule has 2 N–H and O–H groups in total. The van der Waals surface area contributed by atoms with Gasteiger partial charge in [-0.15, -0.1) is 5.10 Å². The molecule has 7 heteroatoms. The van der Waals surface area contributed by atoms with Gasteiger partial charge >= 0.3 is 0 Å². The quantitative estimate of drug-likeness (QED) is 0.737. The maximum atomic E-state index is 5.90. The molecule has 1 aliphatic rings. The third kappa shape index (κ3) is 3.18. The Labute approximate surface area is 146 Å². The van der Waals surface area contributed by atoms with Crippen molar-refractivity contribution in [2.75, 3.05) is 36.9 Å². The van der Waals surface area contributed by atoms with E-state index < -0.39 is 0 Å². The van der Waals surface area contributed by atoms with E-state index in [9.17, 15) is 0 Å². The van der Waals surface area contributed by atoms with E-state index in [0.29, 0.717) is 5.69 Å². The zero-order valence-electron chi connectivity index (χ0n) is 14.1. The summed E-state index contributed by atoms with van der Waals surface area (Å²) in [5.41, 5.74) is 11.4. The molecular formula is C18H20N6O. The maximum Gasteiger partial charge on any atom is 0.115 e. The molecule has 1 fully saturated rings. The largest absolute Gasteiger partial charge is 0.399 e. The van der Waals surface area contributed by atoms with Crippen LogP contribution in [-0.4, -0.2) is 46.3 Å². The third-order valence-corrected chi connectivity index (χ3v) is 4.37. The molecule has 0 spiro atoms. The van der Waals surface area contributed by atoms with Crippen LogP contribution in [0.25, 0.3) is 16.9 Å². The van der Waals surface area contributed by atoms with Crippen molar-refractivity contribution in [2.24, 2.45) is 0 Å². The Morgan fingerprint density at radius 2 is 1.96 bits per heavy atom. The summed E-state index contributed by atoms with van der Waals surface area (Å²) in [6, 6.07) is 7.86. The highest BCUT2D eigenvalue weighted by Gasteiger charge is 2.14. The van der Waals surface area contributed by atoms with Crippen LogP contribution in [0.2, 0.25) is 0 Å². The zero-order chi connectivity index (χ0) is 17.2. The molecule has 0 amide bonds. The molecule has 0 bridgehead atoms. The van der Waals surface area contributed by atoms with Gasteiger partial charge in [0.2, 0.25) is 0 Å². The first-order valence-electron chi connectivity index (χ1n) is 8.28. The summed E-state index contributed by atoms with van der Waals surface area (Å²) >= 11 is 0. The molecule has 0 atom stereocenters. The second-order valence-electron chi connectivity index (χ2n) is 6.13. The minimum atomic E-state index is 0.702. The average Bonchev–Trinajstić information content (AvgIpc) is 3.14. The van der Waals surface area contributed by atoms with E-state index in [0.717, 1.165) is 54.5 Å². The van der Waals surface area contributed by atoms with Gasteiger partial charge in [0.05, 0.1) is 37.0 Å². The molecule has 2 aromatic heterocycles. The number of nitrogen functional groups attached to an aromatic ring is 1. The minimum Gasteiger partial charge on any atom is -0.399 e. The number of anilines is 2. The molecule has 1 aliphatic heterocycles. The molecule has 3 heterocycles. The van der Waals surface area contributed by atoms with Crippen molar-refractivity contribution in [3.8, 4) is 16.9 Å². The number of hydrogen-bond acceptors (Lipinski definition) is 6. The van der Waals surface area contributed by atoms with E-state index in [-0.39, 0.29) is 0 Å². The van der Waals surface area contributed by atoms with Crippen LogP contribution in [0.4, 0.5) is 11.4 Å². The molecule has 4 rings (SSSR count). The summed E-state index contributed by atoms with van der Waals surface area (Å²) in [5, 5.41) is 8.57. The normalized spacial score (nSPS) is 14.7. The lowest BCUT2D eigenvalue weighted by Gasteiger charge is -2.28. The monoisotopic (exact) mass is 336 g/mol. The van der Waals surface area contributed by atoms with Crippen LogP contribution in [0.1, 0.15) is 5.56 Å². The lowest BCUT2D eigenvalue weighted by Crippen LogP contribution is -2.36. The van der Waals surface area contributed by atoms with Crippen molar-refractivity contribution in [3.05, 3.63) is 48.4 Å². The van der Waals surface area contributed by atoms with E-state index in [1.165, 1.54) is 0 Å². The standard InChI is InChI=1S/C18H20N6O/c1-13-2-3-15(19)9-18(13)24-12-17(21-22-24)14-8-16(11-20-10-14)23-4-6-25-7-5-23/h2-3,8-12H,4-7,19H2,1H3. The Balaban J connectivity index is 1.65. The van der Waals surface area contributed by atoms with Gasteiger partial charge in [-0.1, -0.05) is 11.3 Å². The number of benzene rings is 1. The lowest BCUT2D eigenvalue weighted by atomic mass is 10.1. The van der Waals surface area contributed by atoms with Crippen molar-refractivity contribution in [2.45, 2.75) is 6.92 Å². The molecule has 0 saturated carbocycles. The Morgan fingerprint density at radius 1 is 1.12 bits per heavy atom. The second-order valence-corrected chi connectivity index (χ2v) is 6.13. The first-order valence-corrected chi connectivity index (χ1v) is 8.28. The van der Waals surface area contributed by atoms with Gasteiger partial charge in [-0.25, -0.2) is 4.68 Å². The molecule has 1 saturated heterocycles. The van der Waals surface area contributed by atoms with Gasteiger partial charge in [0.15, 0.2) is 0 Å². The number of pyridine rings is 1. The molecule has 3 aromatic rings. The SMILES string of the molecule is Cc1ccc(N)cc1-n1cc(-c2cncc(N3CCOCC3)c2)nn1. The number of morpholine rings is 1. The third-order valence-electron chi connectivity index (χ3n) is 4.37. The van der Waals surface area contributed by atoms with Crippen molar-refractivity contribution in [1.29, 1.82) is 0 Å². The number of rotatable bonds is 3. The number of nitrogens with zero attached hydrogens (tertiary/aromatic N) is 5. The lowest BCUT2D eigenvalue weighted by molar-refractivity contribution is 0.122. The molecular weight excluding hydrogens is 316 g/mol. The van der Waals surface area contributed by atoms with Gasteiger partial charge in [-0.2, -0.15) is 0 Å². The summed E-state index contributed by atoms with van der Waals surface area (Å²) in [5.74, 6) is 0. The van der Waals surface area contributed by atoms with Crippen molar-refractivity contribution in [3.63, 3.8) is 0 Å². The zero-order valence-corrected chi connectivity index (χ0v) is 14.1. The Bertz CT molecular complexity index is 885. The van der Waals surface area contributed by atoms with Gasteiger partial charge in [0, 0.05) is 30.5 Å². The maximum absolute atomic E-state index is 5.90. The van der Waals surface area contributed by atoms with Crippen LogP contribution in [0, 0.1) is 6.92 Å². The van der Waals surface area contributed by atoms with Crippen LogP contribution >= 0.6 is 0 Å². The highest BCUT2D eigenvalue weighted by Crippen LogP contribution is 2.24. The molecule has 0 aliphatic carbocycles. The van der Waals surface area contributed by atoms with Crippen molar-refractivity contribution >= 4 is 11.4 Å². The minimum absolute atomic E-state index is 0.702. The Hall–Kier alpha value is -2.93. The van der Waals surface area contributed by atoms with E-state index in [1.54, 1.807) is 4.68 Å². The van der Waals surface area contributed by atoms with Crippen molar-refractivity contribution < 1.29 is 4.74 Å². The predicted octanol–water partition coefficient (Wildman–Crippen LogP) is 2.06. The first-order chi connectivity index (χ1) is 12.2. The van der Waals surface area contributed by atoms with Crippen LogP contribution in [0.3, 0.4) is 0 Å². The van der Waals surface area contributed by atoms with Gasteiger partial charge in [-0.05, 0) is 30.7 Å². The van der Waals surface area contributed by atoms with Crippen LogP contribution < -0.4 is 10.6 Å². The van der Waals surface area contributed by atoms with Gasteiger partial charge in [0.25, 0.3) is 0 Å². The fourth-order valence-corrected chi connectivity index (χ4v) is 2.95. The van der Waals surface area contributed by atoms with Crippen LogP contribution in [0.5, 0.6) is 0 Å². The first kappa shape index (κ1) is 15.6. The van der Waals surface area contributed by atoms with Crippen LogP contribution in [-0.2, 0) is 4.74 Å². The van der Waals surface area contributed by atoms with E-state index in [2.05, 4.69) is 26.3 Å². The average molecular weight is 336 g/mol. The van der Waals surface area contributed by atoms with Gasteiger partial charge in [0.1, 0.15) is 5.69 Å². The second kappa shape index (κ2) is 6.52. The van der Waals surface area contributed by atoms with Gasteiger partial charge in [-0.3, -0.25) is 4.98 Å². The predicted molar refractivity (Wildman–Crippen MR) is 96.8 cm³/mol. The van der Waals surface area contributed by atoms with Crippen LogP contribution in [0.15, 0.2) is 42.9 Å². The van der Waals surface area contributed by atoms with E-state index >= 15 is 0 Å². The molecule has 128 valence electrons. The highest BCUT2D eigenvalue weighted by atomic mass is 16.5.